The summed E-state index contributed by atoms with van der Waals surface area (Å²) in [6.07, 6.45) is 0. The van der Waals surface area contributed by atoms with Gasteiger partial charge in [0.25, 0.3) is 0 Å². The van der Waals surface area contributed by atoms with Gasteiger partial charge in [-0.2, -0.15) is 10.5 Å². The number of hydrogen-bond donors (Lipinski definition) is 1. The van der Waals surface area contributed by atoms with Crippen molar-refractivity contribution in [1.82, 2.24) is 0 Å². The Kier molecular flexibility index (Phi) is 4.37. The highest BCUT2D eigenvalue weighted by Crippen LogP contribution is 2.41. The van der Waals surface area contributed by atoms with E-state index in [9.17, 15) is 10.5 Å². The molecule has 0 saturated heterocycles. The molecule has 24 heavy (non-hydrogen) atoms. The quantitative estimate of drug-likeness (QED) is 0.849. The molecule has 0 spiro atoms. The van der Waals surface area contributed by atoms with Crippen LogP contribution in [0.25, 0.3) is 5.76 Å². The van der Waals surface area contributed by atoms with E-state index < -0.39 is 5.92 Å². The molecule has 0 aliphatic carbocycles. The summed E-state index contributed by atoms with van der Waals surface area (Å²) in [6, 6.07) is 21.0. The summed E-state index contributed by atoms with van der Waals surface area (Å²) in [6.45, 7) is 0. The lowest BCUT2D eigenvalue weighted by Crippen LogP contribution is -2.20. The summed E-state index contributed by atoms with van der Waals surface area (Å²) in [7, 11) is 0. The largest absolute Gasteiger partial charge is 0.439 e. The van der Waals surface area contributed by atoms with Gasteiger partial charge in [0.2, 0.25) is 5.88 Å². The molecule has 2 aromatic rings. The van der Waals surface area contributed by atoms with Gasteiger partial charge in [0.15, 0.2) is 5.76 Å². The van der Waals surface area contributed by atoms with E-state index in [1.54, 1.807) is 0 Å². The third-order valence-corrected chi connectivity index (χ3v) is 4.31. The van der Waals surface area contributed by atoms with Crippen LogP contribution in [0.15, 0.2) is 76.1 Å². The van der Waals surface area contributed by atoms with Gasteiger partial charge in [0, 0.05) is 10.0 Å². The number of nitriles is 2. The molecule has 5 heteroatoms. The van der Waals surface area contributed by atoms with Gasteiger partial charge < -0.3 is 10.5 Å². The van der Waals surface area contributed by atoms with Crippen LogP contribution in [-0.4, -0.2) is 0 Å². The van der Waals surface area contributed by atoms with Crippen molar-refractivity contribution in [2.75, 3.05) is 0 Å². The zero-order chi connectivity index (χ0) is 17.1. The number of halogens is 1. The molecule has 4 nitrogen and oxygen atoms in total. The molecule has 116 valence electrons. The minimum atomic E-state index is -0.534. The number of rotatable bonds is 2. The Hall–Kier alpha value is -3.02. The van der Waals surface area contributed by atoms with E-state index in [-0.39, 0.29) is 11.5 Å². The summed E-state index contributed by atoms with van der Waals surface area (Å²) < 4.78 is 6.57. The predicted molar refractivity (Wildman–Crippen MR) is 93.8 cm³/mol. The first kappa shape index (κ1) is 15.9. The lowest BCUT2D eigenvalue weighted by Gasteiger charge is -2.26. The molecule has 1 atom stereocenters. The Morgan fingerprint density at radius 3 is 2.12 bits per heavy atom. The molecule has 0 bridgehead atoms. The Bertz CT molecular complexity index is 916. The SMILES string of the molecule is N#CC1=C(N)OC(c2ccc(Br)cc2)=C(C#N)[C@@H]1c1ccccc1. The minimum Gasteiger partial charge on any atom is -0.439 e. The van der Waals surface area contributed by atoms with Crippen LogP contribution >= 0.6 is 15.9 Å². The fourth-order valence-corrected chi connectivity index (χ4v) is 2.93. The molecule has 0 radical (unpaired) electrons. The summed E-state index contributed by atoms with van der Waals surface area (Å²) in [5, 5.41) is 19.2. The molecule has 1 heterocycles. The van der Waals surface area contributed by atoms with Crippen molar-refractivity contribution < 1.29 is 4.74 Å². The number of benzene rings is 2. The van der Waals surface area contributed by atoms with Crippen LogP contribution in [-0.2, 0) is 4.74 Å². The molecule has 1 aliphatic heterocycles. The van der Waals surface area contributed by atoms with Crippen LogP contribution < -0.4 is 5.73 Å². The highest BCUT2D eigenvalue weighted by Gasteiger charge is 2.33. The molecular weight excluding hydrogens is 366 g/mol. The van der Waals surface area contributed by atoms with E-state index >= 15 is 0 Å². The highest BCUT2D eigenvalue weighted by atomic mass is 79.9. The van der Waals surface area contributed by atoms with Crippen molar-refractivity contribution >= 4 is 21.7 Å². The Labute approximate surface area is 148 Å². The maximum Gasteiger partial charge on any atom is 0.205 e. The number of hydrogen-bond acceptors (Lipinski definition) is 4. The first-order chi connectivity index (χ1) is 11.7. The summed E-state index contributed by atoms with van der Waals surface area (Å²) in [5.74, 6) is -0.118. The Balaban J connectivity index is 2.22. The molecule has 0 fully saturated rings. The zero-order valence-electron chi connectivity index (χ0n) is 12.5. The topological polar surface area (TPSA) is 82.8 Å². The van der Waals surface area contributed by atoms with Gasteiger partial charge in [0.1, 0.15) is 11.6 Å². The first-order valence-electron chi connectivity index (χ1n) is 7.18. The molecule has 0 aromatic heterocycles. The molecule has 2 aromatic carbocycles. The highest BCUT2D eigenvalue weighted by molar-refractivity contribution is 9.10. The number of nitrogens with zero attached hydrogens (tertiary/aromatic N) is 2. The van der Waals surface area contributed by atoms with Crippen LogP contribution in [0, 0.1) is 22.7 Å². The Morgan fingerprint density at radius 1 is 0.917 bits per heavy atom. The third-order valence-electron chi connectivity index (χ3n) is 3.78. The van der Waals surface area contributed by atoms with Gasteiger partial charge >= 0.3 is 0 Å². The van der Waals surface area contributed by atoms with E-state index in [1.807, 2.05) is 54.6 Å². The van der Waals surface area contributed by atoms with Crippen molar-refractivity contribution in [3.8, 4) is 12.1 Å². The standard InChI is InChI=1S/C19H12BrN3O/c20-14-8-6-13(7-9-14)18-15(10-21)17(12-4-2-1-3-5-12)16(11-22)19(23)24-18/h1-9,17H,23H2/t17-/m0/s1. The molecule has 0 saturated carbocycles. The number of ether oxygens (including phenoxy) is 1. The fourth-order valence-electron chi connectivity index (χ4n) is 2.67. The van der Waals surface area contributed by atoms with Gasteiger partial charge in [-0.05, 0) is 17.7 Å². The normalized spacial score (nSPS) is 17.0. The van der Waals surface area contributed by atoms with Crippen molar-refractivity contribution in [3.63, 3.8) is 0 Å². The second-order valence-corrected chi connectivity index (χ2v) is 6.11. The van der Waals surface area contributed by atoms with Crippen molar-refractivity contribution in [2.45, 2.75) is 5.92 Å². The van der Waals surface area contributed by atoms with E-state index in [1.165, 1.54) is 0 Å². The monoisotopic (exact) mass is 377 g/mol. The van der Waals surface area contributed by atoms with Gasteiger partial charge in [-0.15, -0.1) is 0 Å². The van der Waals surface area contributed by atoms with Gasteiger partial charge in [0.05, 0.1) is 17.6 Å². The summed E-state index contributed by atoms with van der Waals surface area (Å²) in [5.41, 5.74) is 8.15. The molecule has 0 unspecified atom stereocenters. The van der Waals surface area contributed by atoms with Crippen molar-refractivity contribution in [3.05, 3.63) is 87.2 Å². The third kappa shape index (κ3) is 2.78. The average molecular weight is 378 g/mol. The molecule has 0 amide bonds. The fraction of sp³-hybridized carbons (Fsp3) is 0.0526. The van der Waals surface area contributed by atoms with E-state index in [0.29, 0.717) is 11.3 Å². The van der Waals surface area contributed by atoms with E-state index in [4.69, 9.17) is 10.5 Å². The predicted octanol–water partition coefficient (Wildman–Crippen LogP) is 4.19. The molecular formula is C19H12BrN3O. The lowest BCUT2D eigenvalue weighted by molar-refractivity contribution is 0.357. The molecule has 1 aliphatic rings. The van der Waals surface area contributed by atoms with Crippen LogP contribution in [0.4, 0.5) is 0 Å². The number of nitrogens with two attached hydrogens (primary N) is 1. The van der Waals surface area contributed by atoms with E-state index in [0.717, 1.165) is 15.6 Å². The van der Waals surface area contributed by atoms with Crippen LogP contribution in [0.5, 0.6) is 0 Å². The zero-order valence-corrected chi connectivity index (χ0v) is 14.1. The summed E-state index contributed by atoms with van der Waals surface area (Å²) in [4.78, 5) is 0. The maximum absolute atomic E-state index is 9.74. The minimum absolute atomic E-state index is 0.0308. The second kappa shape index (κ2) is 6.62. The molecule has 3 rings (SSSR count). The molecule has 2 N–H and O–H groups in total. The average Bonchev–Trinajstić information content (AvgIpc) is 2.62. The van der Waals surface area contributed by atoms with Gasteiger partial charge in [-0.3, -0.25) is 0 Å². The maximum atomic E-state index is 9.74. The van der Waals surface area contributed by atoms with Crippen LogP contribution in [0.2, 0.25) is 0 Å². The first-order valence-corrected chi connectivity index (χ1v) is 7.97. The van der Waals surface area contributed by atoms with Gasteiger partial charge in [-0.25, -0.2) is 0 Å². The second-order valence-electron chi connectivity index (χ2n) is 5.20. The van der Waals surface area contributed by atoms with E-state index in [2.05, 4.69) is 28.1 Å². The van der Waals surface area contributed by atoms with Crippen LogP contribution in [0.1, 0.15) is 17.0 Å². The van der Waals surface area contributed by atoms with Gasteiger partial charge in [-0.1, -0.05) is 58.4 Å². The lowest BCUT2D eigenvalue weighted by atomic mass is 9.83. The van der Waals surface area contributed by atoms with Crippen LogP contribution in [0.3, 0.4) is 0 Å². The Morgan fingerprint density at radius 2 is 1.54 bits per heavy atom. The summed E-state index contributed by atoms with van der Waals surface area (Å²) >= 11 is 3.38. The number of allylic oxidation sites excluding steroid dienone is 2. The smallest absolute Gasteiger partial charge is 0.205 e. The van der Waals surface area contributed by atoms with Crippen molar-refractivity contribution in [2.24, 2.45) is 5.73 Å². The van der Waals surface area contributed by atoms with Crippen molar-refractivity contribution in [1.29, 1.82) is 10.5 Å².